The zero-order chi connectivity index (χ0) is 13.8. The van der Waals surface area contributed by atoms with Gasteiger partial charge in [-0.25, -0.2) is 4.79 Å². The molecular weight excluding hydrogens is 304 g/mol. The summed E-state index contributed by atoms with van der Waals surface area (Å²) in [4.78, 5) is 11.4. The Balaban J connectivity index is 2.47. The predicted molar refractivity (Wildman–Crippen MR) is 80.8 cm³/mol. The van der Waals surface area contributed by atoms with E-state index < -0.39 is 5.97 Å². The van der Waals surface area contributed by atoms with Gasteiger partial charge in [0.25, 0.3) is 0 Å². The topological polar surface area (TPSA) is 37.3 Å². The molecule has 0 saturated carbocycles. The first-order chi connectivity index (χ1) is 9.08. The van der Waals surface area contributed by atoms with E-state index in [9.17, 15) is 9.90 Å². The minimum Gasteiger partial charge on any atom is -0.478 e. The first-order valence-electron chi connectivity index (χ1n) is 5.84. The van der Waals surface area contributed by atoms with Crippen LogP contribution in [-0.4, -0.2) is 11.1 Å². The minimum atomic E-state index is -0.924. The molecule has 0 aliphatic heterocycles. The van der Waals surface area contributed by atoms with Crippen LogP contribution in [0.3, 0.4) is 0 Å². The fourth-order valence-corrected chi connectivity index (χ4v) is 2.06. The number of rotatable bonds is 3. The summed E-state index contributed by atoms with van der Waals surface area (Å²) in [7, 11) is 0. The van der Waals surface area contributed by atoms with E-state index in [0.29, 0.717) is 11.1 Å². The van der Waals surface area contributed by atoms with Gasteiger partial charge in [0.1, 0.15) is 0 Å². The lowest BCUT2D eigenvalue weighted by atomic mass is 10.0. The maximum Gasteiger partial charge on any atom is 0.336 e. The predicted octanol–water partition coefficient (Wildman–Crippen LogP) is 4.38. The second-order valence-corrected chi connectivity index (χ2v) is 5.09. The molecule has 0 saturated heterocycles. The molecule has 0 aliphatic carbocycles. The fourth-order valence-electron chi connectivity index (χ4n) is 1.81. The molecule has 0 spiro atoms. The number of hydrogen-bond donors (Lipinski definition) is 1. The summed E-state index contributed by atoms with van der Waals surface area (Å²) in [5, 5.41) is 9.33. The zero-order valence-electron chi connectivity index (χ0n) is 10.4. The Morgan fingerprint density at radius 3 is 2.42 bits per heavy atom. The maximum absolute atomic E-state index is 11.4. The van der Waals surface area contributed by atoms with E-state index in [0.717, 1.165) is 15.6 Å². The number of hydrogen-bond acceptors (Lipinski definition) is 1. The summed E-state index contributed by atoms with van der Waals surface area (Å²) in [6, 6.07) is 14.9. The van der Waals surface area contributed by atoms with Crippen molar-refractivity contribution in [3.63, 3.8) is 0 Å². The summed E-state index contributed by atoms with van der Waals surface area (Å²) in [5.74, 6) is -0.924. The Hall–Kier alpha value is -1.87. The van der Waals surface area contributed by atoms with Crippen molar-refractivity contribution in [1.29, 1.82) is 0 Å². The highest BCUT2D eigenvalue weighted by Crippen LogP contribution is 2.22. The van der Waals surface area contributed by atoms with Crippen molar-refractivity contribution in [2.24, 2.45) is 0 Å². The third-order valence-corrected chi connectivity index (χ3v) is 3.70. The molecule has 0 unspecified atom stereocenters. The molecule has 2 aromatic rings. The smallest absolute Gasteiger partial charge is 0.336 e. The van der Waals surface area contributed by atoms with Gasteiger partial charge >= 0.3 is 5.97 Å². The number of benzene rings is 2. The quantitative estimate of drug-likeness (QED) is 0.674. The molecule has 19 heavy (non-hydrogen) atoms. The molecule has 0 amide bonds. The summed E-state index contributed by atoms with van der Waals surface area (Å²) in [5.41, 5.74) is 2.95. The average molecular weight is 317 g/mol. The van der Waals surface area contributed by atoms with E-state index in [4.69, 9.17) is 0 Å². The van der Waals surface area contributed by atoms with Crippen molar-refractivity contribution in [1.82, 2.24) is 0 Å². The van der Waals surface area contributed by atoms with Crippen LogP contribution in [-0.2, 0) is 4.79 Å². The van der Waals surface area contributed by atoms with E-state index in [1.165, 1.54) is 0 Å². The van der Waals surface area contributed by atoms with Gasteiger partial charge in [0.15, 0.2) is 0 Å². The molecule has 3 heteroatoms. The Morgan fingerprint density at radius 1 is 1.16 bits per heavy atom. The average Bonchev–Trinajstić information content (AvgIpc) is 2.40. The third kappa shape index (κ3) is 3.32. The van der Waals surface area contributed by atoms with E-state index in [1.807, 2.05) is 43.3 Å². The number of aliphatic carboxylic acids is 1. The second-order valence-electron chi connectivity index (χ2n) is 4.24. The van der Waals surface area contributed by atoms with Crippen molar-refractivity contribution in [3.05, 3.63) is 69.7 Å². The van der Waals surface area contributed by atoms with Crippen molar-refractivity contribution in [2.45, 2.75) is 6.92 Å². The zero-order valence-corrected chi connectivity index (χ0v) is 12.0. The molecule has 0 heterocycles. The van der Waals surface area contributed by atoms with E-state index in [-0.39, 0.29) is 0 Å². The molecular formula is C16H13BrO2. The van der Waals surface area contributed by atoms with Crippen LogP contribution in [0.4, 0.5) is 0 Å². The Morgan fingerprint density at radius 2 is 1.84 bits per heavy atom. The Labute approximate surface area is 120 Å². The maximum atomic E-state index is 11.4. The number of carbonyl (C=O) groups is 1. The highest BCUT2D eigenvalue weighted by Gasteiger charge is 2.10. The normalized spacial score (nSPS) is 11.4. The molecule has 1 N–H and O–H groups in total. The highest BCUT2D eigenvalue weighted by molar-refractivity contribution is 9.10. The molecule has 0 aromatic heterocycles. The lowest BCUT2D eigenvalue weighted by Gasteiger charge is -2.04. The van der Waals surface area contributed by atoms with Crippen LogP contribution in [0.5, 0.6) is 0 Å². The number of carboxylic acid groups (broad SMARTS) is 1. The number of carboxylic acids is 1. The highest BCUT2D eigenvalue weighted by atomic mass is 79.9. The largest absolute Gasteiger partial charge is 0.478 e. The summed E-state index contributed by atoms with van der Waals surface area (Å²) >= 11 is 3.43. The Kier molecular flexibility index (Phi) is 4.17. The van der Waals surface area contributed by atoms with Crippen LogP contribution in [0.25, 0.3) is 11.6 Å². The molecule has 0 aliphatic rings. The standard InChI is InChI=1S/C16H13BrO2/c1-11-9-12(7-8-15(11)17)10-14(16(18)19)13-5-3-2-4-6-13/h2-10H,1H3,(H,18,19). The third-order valence-electron chi connectivity index (χ3n) is 2.81. The van der Waals surface area contributed by atoms with Gasteiger partial charge in [0.2, 0.25) is 0 Å². The first kappa shape index (κ1) is 13.6. The molecule has 2 rings (SSSR count). The van der Waals surface area contributed by atoms with Gasteiger partial charge in [0, 0.05) is 4.47 Å². The van der Waals surface area contributed by atoms with Crippen LogP contribution in [0, 0.1) is 6.92 Å². The van der Waals surface area contributed by atoms with Crippen LogP contribution < -0.4 is 0 Å². The van der Waals surface area contributed by atoms with Crippen molar-refractivity contribution in [2.75, 3.05) is 0 Å². The Bertz CT molecular complexity index is 630. The SMILES string of the molecule is Cc1cc(C=C(C(=O)O)c2ccccc2)ccc1Br. The fraction of sp³-hybridized carbons (Fsp3) is 0.0625. The number of aryl methyl sites for hydroxylation is 1. The van der Waals surface area contributed by atoms with Crippen LogP contribution in [0.1, 0.15) is 16.7 Å². The number of halogens is 1. The molecule has 0 atom stereocenters. The van der Waals surface area contributed by atoms with Crippen molar-refractivity contribution < 1.29 is 9.90 Å². The van der Waals surface area contributed by atoms with Crippen molar-refractivity contribution >= 4 is 33.5 Å². The van der Waals surface area contributed by atoms with Gasteiger partial charge in [-0.3, -0.25) is 0 Å². The molecule has 0 bridgehead atoms. The monoisotopic (exact) mass is 316 g/mol. The molecule has 0 fully saturated rings. The molecule has 96 valence electrons. The molecule has 2 nitrogen and oxygen atoms in total. The van der Waals surface area contributed by atoms with Gasteiger partial charge in [0.05, 0.1) is 5.57 Å². The van der Waals surface area contributed by atoms with Crippen LogP contribution >= 0.6 is 15.9 Å². The van der Waals surface area contributed by atoms with Gasteiger partial charge in [-0.2, -0.15) is 0 Å². The lowest BCUT2D eigenvalue weighted by Crippen LogP contribution is -1.99. The van der Waals surface area contributed by atoms with E-state index in [1.54, 1.807) is 18.2 Å². The van der Waals surface area contributed by atoms with Crippen LogP contribution in [0.2, 0.25) is 0 Å². The summed E-state index contributed by atoms with van der Waals surface area (Å²) in [6.45, 7) is 1.98. The first-order valence-corrected chi connectivity index (χ1v) is 6.64. The summed E-state index contributed by atoms with van der Waals surface area (Å²) in [6.07, 6.45) is 1.69. The molecule has 2 aromatic carbocycles. The van der Waals surface area contributed by atoms with Gasteiger partial charge in [-0.15, -0.1) is 0 Å². The molecule has 0 radical (unpaired) electrons. The van der Waals surface area contributed by atoms with Crippen molar-refractivity contribution in [3.8, 4) is 0 Å². The summed E-state index contributed by atoms with van der Waals surface area (Å²) < 4.78 is 1.02. The van der Waals surface area contributed by atoms with E-state index in [2.05, 4.69) is 15.9 Å². The van der Waals surface area contributed by atoms with Gasteiger partial charge in [-0.1, -0.05) is 58.4 Å². The second kappa shape index (κ2) is 5.85. The lowest BCUT2D eigenvalue weighted by molar-refractivity contribution is -0.130. The van der Waals surface area contributed by atoms with Crippen LogP contribution in [0.15, 0.2) is 53.0 Å². The van der Waals surface area contributed by atoms with Gasteiger partial charge < -0.3 is 5.11 Å². The van der Waals surface area contributed by atoms with E-state index >= 15 is 0 Å². The van der Waals surface area contributed by atoms with Gasteiger partial charge in [-0.05, 0) is 35.8 Å². The minimum absolute atomic E-state index is 0.294.